The van der Waals surface area contributed by atoms with Crippen LogP contribution in [-0.4, -0.2) is 30.8 Å². The van der Waals surface area contributed by atoms with E-state index in [4.69, 9.17) is 4.74 Å². The Morgan fingerprint density at radius 3 is 1.59 bits per heavy atom. The molecule has 4 aromatic rings. The fourth-order valence-corrected chi connectivity index (χ4v) is 5.31. The zero-order valence-electron chi connectivity index (χ0n) is 16.4. The van der Waals surface area contributed by atoms with E-state index in [0.717, 1.165) is 43.9 Å². The van der Waals surface area contributed by atoms with E-state index in [1.54, 1.807) is 0 Å². The first-order chi connectivity index (χ1) is 13.8. The van der Waals surface area contributed by atoms with Crippen LogP contribution >= 0.6 is 0 Å². The third-order valence-electron chi connectivity index (χ3n) is 6.71. The number of nitrogens with zero attached hydrogens (tertiary/aromatic N) is 1. The van der Waals surface area contributed by atoms with Gasteiger partial charge in [0.15, 0.2) is 0 Å². The molecule has 6 rings (SSSR count). The molecule has 146 valence electrons. The van der Waals surface area contributed by atoms with Crippen molar-refractivity contribution in [2.45, 2.75) is 13.1 Å². The van der Waals surface area contributed by atoms with Crippen LogP contribution in [0.2, 0.25) is 0 Å². The number of halogens is 1. The van der Waals surface area contributed by atoms with E-state index in [1.807, 2.05) is 0 Å². The predicted molar refractivity (Wildman–Crippen MR) is 115 cm³/mol. The third kappa shape index (κ3) is 3.00. The summed E-state index contributed by atoms with van der Waals surface area (Å²) in [6, 6.07) is 27.1. The average Bonchev–Trinajstić information content (AvgIpc) is 2.88. The lowest BCUT2D eigenvalue weighted by Crippen LogP contribution is -3.00. The molecule has 0 unspecified atom stereocenters. The van der Waals surface area contributed by atoms with Crippen LogP contribution < -0.4 is 17.0 Å². The maximum atomic E-state index is 5.74. The van der Waals surface area contributed by atoms with Crippen LogP contribution in [0.4, 0.5) is 0 Å². The van der Waals surface area contributed by atoms with Crippen molar-refractivity contribution in [1.29, 1.82) is 0 Å². The number of quaternary nitrogens is 1. The van der Waals surface area contributed by atoms with E-state index in [0.29, 0.717) is 0 Å². The molecule has 2 aliphatic rings. The van der Waals surface area contributed by atoms with E-state index in [9.17, 15) is 0 Å². The van der Waals surface area contributed by atoms with Crippen molar-refractivity contribution in [3.8, 4) is 11.1 Å². The van der Waals surface area contributed by atoms with Crippen LogP contribution in [0.15, 0.2) is 72.8 Å². The molecule has 29 heavy (non-hydrogen) atoms. The molecular weight excluding hydrogens is 422 g/mol. The van der Waals surface area contributed by atoms with Gasteiger partial charge < -0.3 is 26.2 Å². The van der Waals surface area contributed by atoms with Gasteiger partial charge in [-0.3, -0.25) is 0 Å². The van der Waals surface area contributed by atoms with E-state index < -0.39 is 0 Å². The summed E-state index contributed by atoms with van der Waals surface area (Å²) in [7, 11) is 0. The maximum absolute atomic E-state index is 5.74. The molecule has 2 aliphatic heterocycles. The number of hydrogen-bond donors (Lipinski definition) is 0. The summed E-state index contributed by atoms with van der Waals surface area (Å²) in [6.07, 6.45) is 0. The molecule has 3 heteroatoms. The van der Waals surface area contributed by atoms with E-state index >= 15 is 0 Å². The van der Waals surface area contributed by atoms with Gasteiger partial charge in [-0.15, -0.1) is 0 Å². The van der Waals surface area contributed by atoms with Crippen LogP contribution in [-0.2, 0) is 17.8 Å². The van der Waals surface area contributed by atoms with Gasteiger partial charge in [0.2, 0.25) is 0 Å². The molecule has 0 amide bonds. The summed E-state index contributed by atoms with van der Waals surface area (Å²) in [5.74, 6) is 0. The smallest absolute Gasteiger partial charge is 0.105 e. The quantitative estimate of drug-likeness (QED) is 0.378. The molecule has 0 atom stereocenters. The lowest BCUT2D eigenvalue weighted by molar-refractivity contribution is -0.959. The molecule has 0 bridgehead atoms. The minimum atomic E-state index is 0. The topological polar surface area (TPSA) is 9.23 Å². The second-order valence-corrected chi connectivity index (χ2v) is 8.36. The zero-order valence-corrected chi connectivity index (χ0v) is 18.0. The molecule has 4 aromatic carbocycles. The molecule has 1 fully saturated rings. The Balaban J connectivity index is 0.00000181. The fourth-order valence-electron chi connectivity index (χ4n) is 5.31. The first-order valence-electron chi connectivity index (χ1n) is 10.3. The Bertz CT molecular complexity index is 1120. The van der Waals surface area contributed by atoms with E-state index in [1.165, 1.54) is 43.8 Å². The Labute approximate surface area is 182 Å². The number of ether oxygens (including phenoxy) is 1. The highest BCUT2D eigenvalue weighted by atomic mass is 79.9. The van der Waals surface area contributed by atoms with Crippen LogP contribution in [0.25, 0.3) is 32.7 Å². The van der Waals surface area contributed by atoms with E-state index in [2.05, 4.69) is 72.8 Å². The molecule has 1 spiro atoms. The van der Waals surface area contributed by atoms with Gasteiger partial charge in [0.1, 0.15) is 26.2 Å². The normalized spacial score (nSPS) is 17.4. The van der Waals surface area contributed by atoms with Crippen molar-refractivity contribution in [2.75, 3.05) is 26.3 Å². The molecule has 2 nitrogen and oxygen atoms in total. The Hall–Kier alpha value is -2.20. The lowest BCUT2D eigenvalue weighted by Gasteiger charge is -2.40. The minimum Gasteiger partial charge on any atom is -1.00 e. The first kappa shape index (κ1) is 18.8. The average molecular weight is 446 g/mol. The number of morpholine rings is 1. The Kier molecular flexibility index (Phi) is 4.70. The van der Waals surface area contributed by atoms with Gasteiger partial charge in [0.25, 0.3) is 0 Å². The molecule has 0 N–H and O–H groups in total. The molecule has 0 saturated carbocycles. The Morgan fingerprint density at radius 1 is 0.586 bits per heavy atom. The van der Waals surface area contributed by atoms with Crippen molar-refractivity contribution in [3.63, 3.8) is 0 Å². The Morgan fingerprint density at radius 2 is 1.07 bits per heavy atom. The first-order valence-corrected chi connectivity index (χ1v) is 10.3. The van der Waals surface area contributed by atoms with Gasteiger partial charge in [-0.2, -0.15) is 0 Å². The molecular formula is C26H24BrNO. The lowest BCUT2D eigenvalue weighted by atomic mass is 9.88. The molecule has 0 aromatic heterocycles. The van der Waals surface area contributed by atoms with Crippen LogP contribution in [0, 0.1) is 0 Å². The van der Waals surface area contributed by atoms with Crippen molar-refractivity contribution in [3.05, 3.63) is 83.9 Å². The predicted octanol–water partition coefficient (Wildman–Crippen LogP) is 2.52. The third-order valence-corrected chi connectivity index (χ3v) is 6.71. The van der Waals surface area contributed by atoms with Gasteiger partial charge >= 0.3 is 0 Å². The van der Waals surface area contributed by atoms with Gasteiger partial charge in [-0.05, 0) is 32.7 Å². The van der Waals surface area contributed by atoms with Crippen molar-refractivity contribution in [1.82, 2.24) is 0 Å². The monoisotopic (exact) mass is 445 g/mol. The minimum absolute atomic E-state index is 0. The SMILES string of the molecule is [Br-].c1ccc2c3c(ccc2c1)C[N+]1(CCOCC1)Cc1ccc2ccccc2c1-3. The maximum Gasteiger partial charge on any atom is 0.105 e. The molecule has 1 saturated heterocycles. The van der Waals surface area contributed by atoms with Gasteiger partial charge in [0, 0.05) is 11.1 Å². The summed E-state index contributed by atoms with van der Waals surface area (Å²) < 4.78 is 6.85. The van der Waals surface area contributed by atoms with Crippen LogP contribution in [0.3, 0.4) is 0 Å². The largest absolute Gasteiger partial charge is 1.00 e. The van der Waals surface area contributed by atoms with Crippen LogP contribution in [0.5, 0.6) is 0 Å². The second kappa shape index (κ2) is 7.24. The fraction of sp³-hybridized carbons (Fsp3) is 0.231. The molecule has 0 radical (unpaired) electrons. The molecule has 0 aliphatic carbocycles. The summed E-state index contributed by atoms with van der Waals surface area (Å²) in [6.45, 7) is 6.10. The number of hydrogen-bond acceptors (Lipinski definition) is 1. The summed E-state index contributed by atoms with van der Waals surface area (Å²) >= 11 is 0. The van der Waals surface area contributed by atoms with Crippen LogP contribution in [0.1, 0.15) is 11.1 Å². The highest BCUT2D eigenvalue weighted by Crippen LogP contribution is 2.43. The standard InChI is InChI=1S/C26H24NO.BrH/c1-3-7-23-19(5-1)9-11-21-17-27(13-15-28-16-14-27)18-22-12-10-20-6-2-4-8-24(20)26(22)25(21)23;/h1-12H,13-18H2;1H/q+1;/p-1. The second-order valence-electron chi connectivity index (χ2n) is 8.36. The number of benzene rings is 4. The molecule has 2 heterocycles. The highest BCUT2D eigenvalue weighted by Gasteiger charge is 2.36. The highest BCUT2D eigenvalue weighted by molar-refractivity contribution is 6.07. The summed E-state index contributed by atoms with van der Waals surface area (Å²) in [5.41, 5.74) is 5.86. The summed E-state index contributed by atoms with van der Waals surface area (Å²) in [4.78, 5) is 0. The summed E-state index contributed by atoms with van der Waals surface area (Å²) in [5, 5.41) is 5.42. The van der Waals surface area contributed by atoms with Gasteiger partial charge in [-0.25, -0.2) is 0 Å². The van der Waals surface area contributed by atoms with Crippen molar-refractivity contribution < 1.29 is 26.2 Å². The van der Waals surface area contributed by atoms with Gasteiger partial charge in [0.05, 0.1) is 13.2 Å². The van der Waals surface area contributed by atoms with Crippen molar-refractivity contribution in [2.24, 2.45) is 0 Å². The van der Waals surface area contributed by atoms with E-state index in [-0.39, 0.29) is 17.0 Å². The number of fused-ring (bicyclic) bond motifs is 7. The van der Waals surface area contributed by atoms with Crippen molar-refractivity contribution >= 4 is 21.5 Å². The zero-order chi connectivity index (χ0) is 18.6. The number of rotatable bonds is 0. The van der Waals surface area contributed by atoms with Gasteiger partial charge in [-0.1, -0.05) is 72.8 Å².